The number of likely N-dealkylation sites (tertiary alicyclic amines) is 1. The van der Waals surface area contributed by atoms with Gasteiger partial charge in [0.1, 0.15) is 0 Å². The number of piperidine rings is 2. The number of amides is 1. The van der Waals surface area contributed by atoms with E-state index >= 15 is 0 Å². The lowest BCUT2D eigenvalue weighted by atomic mass is 10.1. The van der Waals surface area contributed by atoms with E-state index in [9.17, 15) is 4.79 Å². The van der Waals surface area contributed by atoms with Gasteiger partial charge < -0.3 is 10.2 Å². The zero-order valence-corrected chi connectivity index (χ0v) is 15.2. The van der Waals surface area contributed by atoms with Crippen molar-refractivity contribution in [2.75, 3.05) is 26.2 Å². The van der Waals surface area contributed by atoms with Gasteiger partial charge >= 0.3 is 0 Å². The first-order chi connectivity index (χ1) is 10.7. The second kappa shape index (κ2) is 7.04. The third-order valence-corrected chi connectivity index (χ3v) is 7.03. The number of benzene rings is 1. The fourth-order valence-corrected chi connectivity index (χ4v) is 5.27. The van der Waals surface area contributed by atoms with Gasteiger partial charge in [-0.25, -0.2) is 0 Å². The number of aryl methyl sites for hydroxylation is 1. The van der Waals surface area contributed by atoms with E-state index in [1.54, 1.807) is 0 Å². The van der Waals surface area contributed by atoms with Crippen LogP contribution in [0.3, 0.4) is 0 Å². The van der Waals surface area contributed by atoms with Crippen LogP contribution in [0.5, 0.6) is 0 Å². The highest BCUT2D eigenvalue weighted by Crippen LogP contribution is 2.49. The monoisotopic (exact) mass is 352 g/mol. The second-order valence-electron chi connectivity index (χ2n) is 6.92. The van der Waals surface area contributed by atoms with Crippen molar-refractivity contribution in [1.29, 1.82) is 0 Å². The zero-order valence-electron chi connectivity index (χ0n) is 13.5. The standard InChI is InChI=1S/C18H24N2OS.ClH/c1-12-4-2-3-5-16(12)22-13-6-8-20(9-7-13)18(21)17-14-10-19-11-15(14)17;/h2-5,13-15,17,19H,6-11H2,1H3;1H/t14-,15+,17?;. The summed E-state index contributed by atoms with van der Waals surface area (Å²) in [7, 11) is 0. The average Bonchev–Trinajstić information content (AvgIpc) is 3.01. The van der Waals surface area contributed by atoms with E-state index in [2.05, 4.69) is 41.4 Å². The van der Waals surface area contributed by atoms with E-state index in [1.807, 2.05) is 11.8 Å². The van der Waals surface area contributed by atoms with Crippen molar-refractivity contribution < 1.29 is 4.79 Å². The Labute approximate surface area is 149 Å². The lowest BCUT2D eigenvalue weighted by Gasteiger charge is -2.32. The van der Waals surface area contributed by atoms with E-state index < -0.39 is 0 Å². The number of nitrogens with one attached hydrogen (secondary N) is 1. The van der Waals surface area contributed by atoms with Crippen molar-refractivity contribution in [2.45, 2.75) is 29.9 Å². The Morgan fingerprint density at radius 1 is 1.17 bits per heavy atom. The highest BCUT2D eigenvalue weighted by atomic mass is 35.5. The Morgan fingerprint density at radius 3 is 2.48 bits per heavy atom. The molecule has 0 bridgehead atoms. The van der Waals surface area contributed by atoms with Crippen molar-refractivity contribution in [2.24, 2.45) is 17.8 Å². The summed E-state index contributed by atoms with van der Waals surface area (Å²) < 4.78 is 0. The maximum absolute atomic E-state index is 12.6. The number of halogens is 1. The maximum Gasteiger partial charge on any atom is 0.226 e. The van der Waals surface area contributed by atoms with E-state index in [-0.39, 0.29) is 12.4 Å². The first-order valence-electron chi connectivity index (χ1n) is 8.46. The highest BCUT2D eigenvalue weighted by Gasteiger charge is 2.57. The molecule has 2 aliphatic heterocycles. The number of carbonyl (C=O) groups is 1. The van der Waals surface area contributed by atoms with Gasteiger partial charge in [0.25, 0.3) is 0 Å². The molecule has 4 rings (SSSR count). The summed E-state index contributed by atoms with van der Waals surface area (Å²) in [5, 5.41) is 4.03. The second-order valence-corrected chi connectivity index (χ2v) is 8.26. The molecule has 3 nitrogen and oxygen atoms in total. The predicted octanol–water partition coefficient (Wildman–Crippen LogP) is 2.97. The molecule has 23 heavy (non-hydrogen) atoms. The minimum Gasteiger partial charge on any atom is -0.342 e. The molecule has 126 valence electrons. The molecule has 5 heteroatoms. The molecule has 2 heterocycles. The van der Waals surface area contributed by atoms with Gasteiger partial charge in [0.05, 0.1) is 0 Å². The third-order valence-electron chi connectivity index (χ3n) is 5.52. The fraction of sp³-hybridized carbons (Fsp3) is 0.611. The van der Waals surface area contributed by atoms with Crippen LogP contribution in [0.25, 0.3) is 0 Å². The van der Waals surface area contributed by atoms with Crippen molar-refractivity contribution >= 4 is 30.1 Å². The van der Waals surface area contributed by atoms with E-state index in [4.69, 9.17) is 0 Å². The molecule has 1 unspecified atom stereocenters. The molecule has 3 atom stereocenters. The quantitative estimate of drug-likeness (QED) is 0.907. The molecule has 0 radical (unpaired) electrons. The largest absolute Gasteiger partial charge is 0.342 e. The van der Waals surface area contributed by atoms with Crippen LogP contribution in [0.15, 0.2) is 29.2 Å². The van der Waals surface area contributed by atoms with Crippen LogP contribution in [-0.4, -0.2) is 42.2 Å². The first kappa shape index (κ1) is 17.1. The Hall–Kier alpha value is -0.710. The van der Waals surface area contributed by atoms with Gasteiger partial charge in [-0.05, 0) is 56.3 Å². The van der Waals surface area contributed by atoms with E-state index in [0.29, 0.717) is 28.9 Å². The Bertz CT molecular complexity index is 564. The Morgan fingerprint density at radius 2 is 1.83 bits per heavy atom. The first-order valence-corrected chi connectivity index (χ1v) is 9.34. The predicted molar refractivity (Wildman–Crippen MR) is 97.2 cm³/mol. The number of carbonyl (C=O) groups excluding carboxylic acids is 1. The summed E-state index contributed by atoms with van der Waals surface area (Å²) in [6, 6.07) is 8.62. The summed E-state index contributed by atoms with van der Waals surface area (Å²) in [4.78, 5) is 16.1. The van der Waals surface area contributed by atoms with Gasteiger partial charge in [0.2, 0.25) is 5.91 Å². The number of hydrogen-bond donors (Lipinski definition) is 1. The molecule has 1 aromatic carbocycles. The van der Waals surface area contributed by atoms with Crippen molar-refractivity contribution in [3.8, 4) is 0 Å². The van der Waals surface area contributed by atoms with Gasteiger partial charge in [-0.3, -0.25) is 4.79 Å². The van der Waals surface area contributed by atoms with Crippen LogP contribution in [0.4, 0.5) is 0 Å². The lowest BCUT2D eigenvalue weighted by Crippen LogP contribution is -2.41. The fourth-order valence-electron chi connectivity index (χ4n) is 4.06. The smallest absolute Gasteiger partial charge is 0.226 e. The van der Waals surface area contributed by atoms with E-state index in [1.165, 1.54) is 10.5 Å². The highest BCUT2D eigenvalue weighted by molar-refractivity contribution is 8.00. The minimum absolute atomic E-state index is 0. The van der Waals surface area contributed by atoms with Crippen LogP contribution < -0.4 is 5.32 Å². The number of nitrogens with zero attached hydrogens (tertiary/aromatic N) is 1. The van der Waals surface area contributed by atoms with Crippen LogP contribution in [0, 0.1) is 24.7 Å². The Balaban J connectivity index is 0.00000156. The van der Waals surface area contributed by atoms with E-state index in [0.717, 1.165) is 39.0 Å². The van der Waals surface area contributed by atoms with Gasteiger partial charge in [0.15, 0.2) is 0 Å². The molecule has 3 aliphatic rings. The SMILES string of the molecule is Cc1ccccc1SC1CCN(C(=O)C2[C@H]3CNC[C@@H]23)CC1.Cl. The van der Waals surface area contributed by atoms with Crippen LogP contribution in [0.1, 0.15) is 18.4 Å². The molecule has 2 saturated heterocycles. The summed E-state index contributed by atoms with van der Waals surface area (Å²) in [5.41, 5.74) is 1.37. The topological polar surface area (TPSA) is 32.3 Å². The minimum atomic E-state index is 0. The summed E-state index contributed by atoms with van der Waals surface area (Å²) in [5.74, 6) is 2.08. The average molecular weight is 353 g/mol. The number of thioether (sulfide) groups is 1. The van der Waals surface area contributed by atoms with Gasteiger partial charge in [-0.2, -0.15) is 0 Å². The normalized spacial score (nSPS) is 29.8. The summed E-state index contributed by atoms with van der Waals surface area (Å²) in [6.45, 7) is 6.19. The summed E-state index contributed by atoms with van der Waals surface area (Å²) in [6.07, 6.45) is 2.26. The Kier molecular flexibility index (Phi) is 5.24. The molecule has 1 saturated carbocycles. The van der Waals surface area contributed by atoms with Gasteiger partial charge in [-0.15, -0.1) is 24.2 Å². The number of fused-ring (bicyclic) bond motifs is 1. The summed E-state index contributed by atoms with van der Waals surface area (Å²) >= 11 is 2.00. The number of rotatable bonds is 3. The molecule has 1 aliphatic carbocycles. The molecule has 3 fully saturated rings. The molecule has 1 amide bonds. The lowest BCUT2D eigenvalue weighted by molar-refractivity contribution is -0.134. The van der Waals surface area contributed by atoms with Crippen LogP contribution >= 0.6 is 24.2 Å². The van der Waals surface area contributed by atoms with Crippen molar-refractivity contribution in [3.05, 3.63) is 29.8 Å². The van der Waals surface area contributed by atoms with Gasteiger partial charge in [-0.1, -0.05) is 18.2 Å². The number of hydrogen-bond acceptors (Lipinski definition) is 3. The van der Waals surface area contributed by atoms with Crippen molar-refractivity contribution in [1.82, 2.24) is 10.2 Å². The molecule has 1 aromatic rings. The molecular weight excluding hydrogens is 328 g/mol. The third kappa shape index (κ3) is 3.40. The van der Waals surface area contributed by atoms with Crippen LogP contribution in [-0.2, 0) is 4.79 Å². The molecule has 1 N–H and O–H groups in total. The maximum atomic E-state index is 12.6. The molecule has 0 aromatic heterocycles. The van der Waals surface area contributed by atoms with Gasteiger partial charge in [0, 0.05) is 29.2 Å². The van der Waals surface area contributed by atoms with Crippen molar-refractivity contribution in [3.63, 3.8) is 0 Å². The van der Waals surface area contributed by atoms with Crippen LogP contribution in [0.2, 0.25) is 0 Å². The molecule has 0 spiro atoms. The molecular formula is C18H25ClN2OS. The zero-order chi connectivity index (χ0) is 15.1.